The smallest absolute Gasteiger partial charge is 0.393 e. The summed E-state index contributed by atoms with van der Waals surface area (Å²) in [4.78, 5) is 38.1. The zero-order valence-electron chi connectivity index (χ0n) is 8.79. The lowest BCUT2D eigenvalue weighted by Crippen LogP contribution is -2.33. The van der Waals surface area contributed by atoms with Crippen LogP contribution in [0, 0.1) is 0 Å². The average molecular weight is 235 g/mol. The van der Waals surface area contributed by atoms with E-state index in [1.54, 1.807) is 30.3 Å². The Bertz CT molecular complexity index is 440. The molecule has 17 heavy (non-hydrogen) atoms. The van der Waals surface area contributed by atoms with E-state index in [9.17, 15) is 14.4 Å². The van der Waals surface area contributed by atoms with Crippen LogP contribution in [0.3, 0.4) is 0 Å². The van der Waals surface area contributed by atoms with Crippen LogP contribution in [-0.2, 0) is 14.4 Å². The van der Waals surface area contributed by atoms with Crippen molar-refractivity contribution in [3.05, 3.63) is 30.3 Å². The van der Waals surface area contributed by atoms with E-state index >= 15 is 0 Å². The quantitative estimate of drug-likeness (QED) is 0.438. The molecular weight excluding hydrogens is 226 g/mol. The zero-order chi connectivity index (χ0) is 12.3. The molecule has 0 saturated carbocycles. The fraction of sp³-hybridized carbons (Fsp3) is 0.182. The minimum Gasteiger partial charge on any atom is -0.393 e. The molecule has 88 valence electrons. The van der Waals surface area contributed by atoms with Crippen molar-refractivity contribution in [3.63, 3.8) is 0 Å². The highest BCUT2D eigenvalue weighted by atomic mass is 16.8. The van der Waals surface area contributed by atoms with Gasteiger partial charge in [0.05, 0.1) is 0 Å². The molecule has 0 bridgehead atoms. The molecular formula is C11H9NO5. The van der Waals surface area contributed by atoms with Crippen molar-refractivity contribution in [1.29, 1.82) is 0 Å². The zero-order valence-corrected chi connectivity index (χ0v) is 8.79. The molecule has 0 N–H and O–H groups in total. The molecule has 0 atom stereocenters. The molecule has 0 radical (unpaired) electrons. The Morgan fingerprint density at radius 2 is 1.65 bits per heavy atom. The fourth-order valence-corrected chi connectivity index (χ4v) is 1.34. The third kappa shape index (κ3) is 2.60. The Kier molecular flexibility index (Phi) is 3.04. The van der Waals surface area contributed by atoms with Crippen LogP contribution < -0.4 is 4.74 Å². The number of carbonyl (C=O) groups excluding carboxylic acids is 3. The number of carbonyl (C=O) groups is 3. The molecule has 2 rings (SSSR count). The Morgan fingerprint density at radius 3 is 2.24 bits per heavy atom. The molecule has 0 aliphatic carbocycles. The average Bonchev–Trinajstić information content (AvgIpc) is 2.62. The van der Waals surface area contributed by atoms with Crippen molar-refractivity contribution in [2.45, 2.75) is 12.8 Å². The minimum absolute atomic E-state index is 0.0530. The van der Waals surface area contributed by atoms with Gasteiger partial charge in [0, 0.05) is 12.8 Å². The molecule has 1 aromatic rings. The van der Waals surface area contributed by atoms with Crippen LogP contribution in [0.4, 0.5) is 4.79 Å². The monoisotopic (exact) mass is 235 g/mol. The summed E-state index contributed by atoms with van der Waals surface area (Å²) in [5.41, 5.74) is 0. The Balaban J connectivity index is 1.94. The lowest BCUT2D eigenvalue weighted by molar-refractivity contribution is -0.174. The van der Waals surface area contributed by atoms with Gasteiger partial charge in [-0.2, -0.15) is 0 Å². The number of hydrogen-bond donors (Lipinski definition) is 0. The van der Waals surface area contributed by atoms with Crippen LogP contribution >= 0.6 is 0 Å². The number of para-hydroxylation sites is 1. The number of ether oxygens (including phenoxy) is 1. The van der Waals surface area contributed by atoms with E-state index in [1.807, 2.05) is 0 Å². The van der Waals surface area contributed by atoms with Crippen LogP contribution in [-0.4, -0.2) is 23.0 Å². The minimum atomic E-state index is -1.11. The van der Waals surface area contributed by atoms with Crippen molar-refractivity contribution in [1.82, 2.24) is 5.06 Å². The second-order valence-electron chi connectivity index (χ2n) is 3.34. The van der Waals surface area contributed by atoms with Crippen LogP contribution in [0.1, 0.15) is 12.8 Å². The first kappa shape index (κ1) is 11.1. The molecule has 1 aliphatic rings. The van der Waals surface area contributed by atoms with Crippen LogP contribution in [0.15, 0.2) is 30.3 Å². The number of hydrogen-bond acceptors (Lipinski definition) is 5. The van der Waals surface area contributed by atoms with E-state index in [4.69, 9.17) is 4.74 Å². The van der Waals surface area contributed by atoms with Crippen molar-refractivity contribution in [2.24, 2.45) is 0 Å². The maximum Gasteiger partial charge on any atom is 0.539 e. The summed E-state index contributed by atoms with van der Waals surface area (Å²) in [6, 6.07) is 8.21. The van der Waals surface area contributed by atoms with Gasteiger partial charge in [-0.1, -0.05) is 23.3 Å². The molecule has 1 fully saturated rings. The fourth-order valence-electron chi connectivity index (χ4n) is 1.34. The summed E-state index contributed by atoms with van der Waals surface area (Å²) in [6.07, 6.45) is -1.01. The van der Waals surface area contributed by atoms with Gasteiger partial charge in [0.2, 0.25) is 0 Å². The standard InChI is InChI=1S/C11H9NO5/c13-9-6-7-10(14)12(9)17-11(15)16-8-4-2-1-3-5-8/h1-5H,6-7H2. The number of hydroxylamine groups is 2. The summed E-state index contributed by atoms with van der Waals surface area (Å²) in [5, 5.41) is 0.436. The molecule has 0 spiro atoms. The first-order valence-corrected chi connectivity index (χ1v) is 4.97. The van der Waals surface area contributed by atoms with Gasteiger partial charge in [-0.3, -0.25) is 14.4 Å². The highest BCUT2D eigenvalue weighted by Gasteiger charge is 2.33. The van der Waals surface area contributed by atoms with Crippen LogP contribution in [0.5, 0.6) is 5.75 Å². The van der Waals surface area contributed by atoms with Gasteiger partial charge in [-0.15, -0.1) is 0 Å². The van der Waals surface area contributed by atoms with E-state index in [2.05, 4.69) is 4.84 Å². The van der Waals surface area contributed by atoms with E-state index in [-0.39, 0.29) is 18.6 Å². The molecule has 0 unspecified atom stereocenters. The van der Waals surface area contributed by atoms with Gasteiger partial charge >= 0.3 is 6.16 Å². The maximum atomic E-state index is 11.3. The van der Waals surface area contributed by atoms with Crippen LogP contribution in [0.2, 0.25) is 0 Å². The Labute approximate surface area is 96.7 Å². The molecule has 1 heterocycles. The summed E-state index contributed by atoms with van der Waals surface area (Å²) in [6.45, 7) is 0. The first-order valence-electron chi connectivity index (χ1n) is 4.97. The predicted octanol–water partition coefficient (Wildman–Crippen LogP) is 1.27. The van der Waals surface area contributed by atoms with Crippen molar-refractivity contribution in [3.8, 4) is 5.75 Å². The van der Waals surface area contributed by atoms with Crippen molar-refractivity contribution in [2.75, 3.05) is 0 Å². The highest BCUT2D eigenvalue weighted by molar-refractivity contribution is 6.01. The first-order chi connectivity index (χ1) is 8.16. The topological polar surface area (TPSA) is 72.9 Å². The number of rotatable bonds is 2. The van der Waals surface area contributed by atoms with Gasteiger partial charge in [0.25, 0.3) is 11.8 Å². The largest absolute Gasteiger partial charge is 0.539 e. The van der Waals surface area contributed by atoms with E-state index in [0.717, 1.165) is 0 Å². The molecule has 6 nitrogen and oxygen atoms in total. The summed E-state index contributed by atoms with van der Waals surface area (Å²) in [7, 11) is 0. The Morgan fingerprint density at radius 1 is 1.06 bits per heavy atom. The van der Waals surface area contributed by atoms with Crippen LogP contribution in [0.25, 0.3) is 0 Å². The number of nitrogens with zero attached hydrogens (tertiary/aromatic N) is 1. The number of imide groups is 1. The van der Waals surface area contributed by atoms with Gasteiger partial charge in [0.15, 0.2) is 0 Å². The predicted molar refractivity (Wildman–Crippen MR) is 54.6 cm³/mol. The van der Waals surface area contributed by atoms with Gasteiger partial charge < -0.3 is 4.74 Å². The van der Waals surface area contributed by atoms with Gasteiger partial charge in [-0.25, -0.2) is 4.79 Å². The van der Waals surface area contributed by atoms with Gasteiger partial charge in [-0.05, 0) is 12.1 Å². The third-order valence-corrected chi connectivity index (χ3v) is 2.12. The second kappa shape index (κ2) is 4.65. The molecule has 1 aromatic carbocycles. The number of amides is 2. The normalized spacial score (nSPS) is 14.9. The molecule has 6 heteroatoms. The molecule has 1 aliphatic heterocycles. The third-order valence-electron chi connectivity index (χ3n) is 2.12. The summed E-state index contributed by atoms with van der Waals surface area (Å²) in [5.74, 6) is -0.809. The van der Waals surface area contributed by atoms with Crippen molar-refractivity contribution >= 4 is 18.0 Å². The van der Waals surface area contributed by atoms with E-state index < -0.39 is 18.0 Å². The van der Waals surface area contributed by atoms with E-state index in [0.29, 0.717) is 5.06 Å². The highest BCUT2D eigenvalue weighted by Crippen LogP contribution is 2.14. The molecule has 0 aromatic heterocycles. The maximum absolute atomic E-state index is 11.3. The summed E-state index contributed by atoms with van der Waals surface area (Å²) < 4.78 is 4.77. The lowest BCUT2D eigenvalue weighted by atomic mass is 10.3. The second-order valence-corrected chi connectivity index (χ2v) is 3.34. The lowest BCUT2D eigenvalue weighted by Gasteiger charge is -2.11. The van der Waals surface area contributed by atoms with E-state index in [1.165, 1.54) is 0 Å². The summed E-state index contributed by atoms with van der Waals surface area (Å²) >= 11 is 0. The van der Waals surface area contributed by atoms with Crippen molar-refractivity contribution < 1.29 is 24.0 Å². The SMILES string of the molecule is O=C(Oc1ccccc1)ON1C(=O)CCC1=O. The Hall–Kier alpha value is -2.37. The number of benzene rings is 1. The molecule has 2 amide bonds. The van der Waals surface area contributed by atoms with Gasteiger partial charge in [0.1, 0.15) is 5.75 Å². The molecule has 1 saturated heterocycles.